The van der Waals surface area contributed by atoms with Gasteiger partial charge in [-0.1, -0.05) is 0 Å². The van der Waals surface area contributed by atoms with Crippen LogP contribution in [0, 0.1) is 0 Å². The predicted octanol–water partition coefficient (Wildman–Crippen LogP) is 1.06. The smallest absolute Gasteiger partial charge is 0.111 e. The second kappa shape index (κ2) is 4.00. The number of anilines is 1. The molecule has 1 aromatic heterocycles. The van der Waals surface area contributed by atoms with E-state index in [4.69, 9.17) is 15.5 Å². The van der Waals surface area contributed by atoms with E-state index < -0.39 is 0 Å². The van der Waals surface area contributed by atoms with E-state index in [0.717, 1.165) is 5.56 Å². The third-order valence-corrected chi connectivity index (χ3v) is 1.28. The van der Waals surface area contributed by atoms with Crippen molar-refractivity contribution < 1.29 is 9.78 Å². The largest absolute Gasteiger partial charge is 0.385 e. The fourth-order valence-electron chi connectivity index (χ4n) is 0.729. The minimum Gasteiger partial charge on any atom is -0.385 e. The van der Waals surface area contributed by atoms with Crippen LogP contribution >= 0.6 is 0 Å². The number of hydrogen-bond acceptors (Lipinski definition) is 3. The van der Waals surface area contributed by atoms with Crippen LogP contribution in [-0.4, -0.2) is 11.6 Å². The van der Waals surface area contributed by atoms with Crippen LogP contribution in [0.4, 0.5) is 5.82 Å². The summed E-state index contributed by atoms with van der Waals surface area (Å²) in [7, 11) is 0. The zero-order chi connectivity index (χ0) is 8.10. The quantitative estimate of drug-likeness (QED) is 0.389. The summed E-state index contributed by atoms with van der Waals surface area (Å²) in [6, 6.07) is 1.86. The molecule has 0 aromatic carbocycles. The summed E-state index contributed by atoms with van der Waals surface area (Å²) in [6.45, 7) is 2.80. The van der Waals surface area contributed by atoms with Crippen molar-refractivity contribution in [1.29, 1.82) is 0 Å². The molecule has 0 aliphatic rings. The van der Waals surface area contributed by atoms with Gasteiger partial charge in [0, 0.05) is 11.8 Å². The topological polar surface area (TPSA) is 60.3 Å². The molecule has 0 aliphatic carbocycles. The summed E-state index contributed by atoms with van der Waals surface area (Å²) in [5.41, 5.74) is 6.45. The fourth-order valence-corrected chi connectivity index (χ4v) is 0.729. The summed E-state index contributed by atoms with van der Waals surface area (Å²) >= 11 is 0. The number of nitrogen functional groups attached to an aromatic ring is 1. The van der Waals surface area contributed by atoms with E-state index in [9.17, 15) is 0 Å². The number of hydrogen-bond donors (Lipinski definition) is 2. The molecule has 0 unspecified atom stereocenters. The average Bonchev–Trinajstić information content (AvgIpc) is 2.37. The monoisotopic (exact) mass is 156 g/mol. The van der Waals surface area contributed by atoms with Gasteiger partial charge in [0.2, 0.25) is 0 Å². The summed E-state index contributed by atoms with van der Waals surface area (Å²) in [4.78, 5) is 12.3. The van der Waals surface area contributed by atoms with E-state index in [0.29, 0.717) is 19.0 Å². The van der Waals surface area contributed by atoms with Gasteiger partial charge in [-0.2, -0.15) is 0 Å². The number of nitrogens with one attached hydrogen (secondary N) is 1. The van der Waals surface area contributed by atoms with Crippen LogP contribution in [-0.2, 0) is 16.4 Å². The lowest BCUT2D eigenvalue weighted by Gasteiger charge is -1.99. The van der Waals surface area contributed by atoms with Crippen LogP contribution in [0.3, 0.4) is 0 Å². The first-order chi connectivity index (χ1) is 5.34. The minimum atomic E-state index is 0.392. The highest BCUT2D eigenvalue weighted by Gasteiger charge is 1.98. The van der Waals surface area contributed by atoms with E-state index in [1.54, 1.807) is 6.20 Å². The first kappa shape index (κ1) is 8.10. The van der Waals surface area contributed by atoms with Crippen molar-refractivity contribution in [2.45, 2.75) is 13.5 Å². The van der Waals surface area contributed by atoms with Crippen LogP contribution in [0.2, 0.25) is 0 Å². The maximum absolute atomic E-state index is 5.53. The Hall–Kier alpha value is -1.00. The SMILES string of the molecule is CCOOCc1cc[nH]c1N. The molecule has 4 nitrogen and oxygen atoms in total. The molecule has 62 valence electrons. The van der Waals surface area contributed by atoms with Gasteiger partial charge in [-0.3, -0.25) is 0 Å². The minimum absolute atomic E-state index is 0.392. The molecule has 1 aromatic rings. The van der Waals surface area contributed by atoms with E-state index in [-0.39, 0.29) is 0 Å². The molecule has 11 heavy (non-hydrogen) atoms. The van der Waals surface area contributed by atoms with Gasteiger partial charge in [-0.15, -0.1) is 0 Å². The van der Waals surface area contributed by atoms with Crippen LogP contribution < -0.4 is 5.73 Å². The molecule has 0 saturated carbocycles. The summed E-state index contributed by atoms with van der Waals surface area (Å²) in [5, 5.41) is 0. The molecule has 0 amide bonds. The molecule has 3 N–H and O–H groups in total. The summed E-state index contributed by atoms with van der Waals surface area (Å²) < 4.78 is 0. The molecule has 1 heterocycles. The van der Waals surface area contributed by atoms with Crippen molar-refractivity contribution >= 4 is 5.82 Å². The molecule has 4 heteroatoms. The maximum atomic E-state index is 5.53. The van der Waals surface area contributed by atoms with E-state index >= 15 is 0 Å². The van der Waals surface area contributed by atoms with Crippen LogP contribution in [0.5, 0.6) is 0 Å². The van der Waals surface area contributed by atoms with Crippen molar-refractivity contribution in [2.24, 2.45) is 0 Å². The van der Waals surface area contributed by atoms with Gasteiger partial charge in [-0.05, 0) is 13.0 Å². The molecule has 0 atom stereocenters. The molecule has 1 rings (SSSR count). The standard InChI is InChI=1S/C7H12N2O2/c1-2-10-11-5-6-3-4-9-7(6)8/h3-4,9H,2,5,8H2,1H3. The first-order valence-electron chi connectivity index (χ1n) is 3.50. The van der Waals surface area contributed by atoms with Gasteiger partial charge in [0.1, 0.15) is 12.4 Å². The van der Waals surface area contributed by atoms with Gasteiger partial charge in [0.15, 0.2) is 0 Å². The summed E-state index contributed by atoms with van der Waals surface area (Å²) in [5.74, 6) is 0.629. The Bertz CT molecular complexity index is 210. The Morgan fingerprint density at radius 1 is 1.55 bits per heavy atom. The molecule has 0 radical (unpaired) electrons. The van der Waals surface area contributed by atoms with Crippen LogP contribution in [0.15, 0.2) is 12.3 Å². The maximum Gasteiger partial charge on any atom is 0.111 e. The van der Waals surface area contributed by atoms with Crippen LogP contribution in [0.25, 0.3) is 0 Å². The highest BCUT2D eigenvalue weighted by molar-refractivity contribution is 5.38. The third kappa shape index (κ3) is 2.25. The predicted molar refractivity (Wildman–Crippen MR) is 41.6 cm³/mol. The number of H-pyrrole nitrogens is 1. The lowest BCUT2D eigenvalue weighted by atomic mass is 10.3. The van der Waals surface area contributed by atoms with Crippen molar-refractivity contribution in [1.82, 2.24) is 4.98 Å². The Morgan fingerprint density at radius 2 is 2.36 bits per heavy atom. The van der Waals surface area contributed by atoms with E-state index in [2.05, 4.69) is 4.98 Å². The second-order valence-electron chi connectivity index (χ2n) is 2.09. The van der Waals surface area contributed by atoms with Crippen molar-refractivity contribution in [3.8, 4) is 0 Å². The normalized spacial score (nSPS) is 10.3. The van der Waals surface area contributed by atoms with E-state index in [1.807, 2.05) is 13.0 Å². The van der Waals surface area contributed by atoms with Crippen molar-refractivity contribution in [3.63, 3.8) is 0 Å². The number of nitrogens with two attached hydrogens (primary N) is 1. The van der Waals surface area contributed by atoms with Gasteiger partial charge in [-0.25, -0.2) is 9.78 Å². The highest BCUT2D eigenvalue weighted by atomic mass is 17.2. The molecule has 0 spiro atoms. The Balaban J connectivity index is 2.32. The van der Waals surface area contributed by atoms with E-state index in [1.165, 1.54) is 0 Å². The number of aromatic nitrogens is 1. The lowest BCUT2D eigenvalue weighted by molar-refractivity contribution is -0.300. The molecule has 0 fully saturated rings. The molecular weight excluding hydrogens is 144 g/mol. The van der Waals surface area contributed by atoms with Gasteiger partial charge in [0.25, 0.3) is 0 Å². The second-order valence-corrected chi connectivity index (χ2v) is 2.09. The zero-order valence-electron chi connectivity index (χ0n) is 6.46. The number of aromatic amines is 1. The lowest BCUT2D eigenvalue weighted by Crippen LogP contribution is -1.96. The zero-order valence-corrected chi connectivity index (χ0v) is 6.46. The Morgan fingerprint density at radius 3 is 2.91 bits per heavy atom. The molecule has 0 saturated heterocycles. The molecular formula is C7H12N2O2. The Labute approximate surface area is 65.2 Å². The number of rotatable bonds is 4. The van der Waals surface area contributed by atoms with Gasteiger partial charge < -0.3 is 10.7 Å². The van der Waals surface area contributed by atoms with Gasteiger partial charge in [0.05, 0.1) is 6.61 Å². The Kier molecular flexibility index (Phi) is 2.95. The summed E-state index contributed by atoms with van der Waals surface area (Å²) in [6.07, 6.45) is 1.76. The van der Waals surface area contributed by atoms with Crippen molar-refractivity contribution in [3.05, 3.63) is 17.8 Å². The first-order valence-corrected chi connectivity index (χ1v) is 3.50. The highest BCUT2D eigenvalue weighted by Crippen LogP contribution is 2.09. The van der Waals surface area contributed by atoms with Crippen molar-refractivity contribution in [2.75, 3.05) is 12.3 Å². The van der Waals surface area contributed by atoms with Crippen LogP contribution in [0.1, 0.15) is 12.5 Å². The fraction of sp³-hybridized carbons (Fsp3) is 0.429. The molecule has 0 aliphatic heterocycles. The third-order valence-electron chi connectivity index (χ3n) is 1.28. The van der Waals surface area contributed by atoms with Gasteiger partial charge >= 0.3 is 0 Å². The molecule has 0 bridgehead atoms. The average molecular weight is 156 g/mol.